The highest BCUT2D eigenvalue weighted by Gasteiger charge is 2.48. The van der Waals surface area contributed by atoms with Gasteiger partial charge in [-0.2, -0.15) is 0 Å². The molecule has 0 radical (unpaired) electrons. The molecular weight excluding hydrogens is 512 g/mol. The smallest absolute Gasteiger partial charge is 0.301 e. The second-order valence-electron chi connectivity index (χ2n) is 10.0. The number of hydrogen-bond donors (Lipinski definition) is 1. The van der Waals surface area contributed by atoms with Gasteiger partial charge in [-0.1, -0.05) is 36.5 Å². The lowest BCUT2D eigenvalue weighted by Crippen LogP contribution is -2.29. The Labute approximate surface area is 230 Å². The van der Waals surface area contributed by atoms with Gasteiger partial charge in [-0.15, -0.1) is 0 Å². The summed E-state index contributed by atoms with van der Waals surface area (Å²) < 4.78 is 12.5. The summed E-state index contributed by atoms with van der Waals surface area (Å²) in [5.41, 5.74) is 3.96. The molecule has 3 aromatic carbocycles. The minimum absolute atomic E-state index is 0.0320. The zero-order valence-electron chi connectivity index (χ0n) is 21.9. The molecule has 1 saturated heterocycles. The highest BCUT2D eigenvalue weighted by molar-refractivity contribution is 7.22. The van der Waals surface area contributed by atoms with Crippen LogP contribution in [0.3, 0.4) is 0 Å². The number of hydrogen-bond acceptors (Lipinski definition) is 7. The number of ketones is 1. The number of aliphatic hydroxyl groups is 1. The van der Waals surface area contributed by atoms with Crippen molar-refractivity contribution in [1.82, 2.24) is 4.98 Å². The van der Waals surface area contributed by atoms with E-state index in [4.69, 9.17) is 14.5 Å². The van der Waals surface area contributed by atoms with Crippen molar-refractivity contribution in [3.8, 4) is 11.5 Å². The molecule has 39 heavy (non-hydrogen) atoms. The van der Waals surface area contributed by atoms with Gasteiger partial charge in [-0.25, -0.2) is 4.98 Å². The molecule has 198 valence electrons. The molecule has 2 atom stereocenters. The summed E-state index contributed by atoms with van der Waals surface area (Å²) in [6, 6.07) is 17.7. The average molecular weight is 541 g/mol. The Morgan fingerprint density at radius 3 is 2.69 bits per heavy atom. The zero-order valence-corrected chi connectivity index (χ0v) is 22.7. The van der Waals surface area contributed by atoms with E-state index in [2.05, 4.69) is 0 Å². The Morgan fingerprint density at radius 1 is 1.13 bits per heavy atom. The van der Waals surface area contributed by atoms with Crippen LogP contribution in [-0.4, -0.2) is 34.5 Å². The van der Waals surface area contributed by atoms with Crippen LogP contribution in [0.25, 0.3) is 16.0 Å². The Kier molecular flexibility index (Phi) is 6.35. The lowest BCUT2D eigenvalue weighted by Gasteiger charge is -2.23. The summed E-state index contributed by atoms with van der Waals surface area (Å²) in [5, 5.41) is 12.0. The predicted octanol–water partition coefficient (Wildman–Crippen LogP) is 6.34. The van der Waals surface area contributed by atoms with Crippen LogP contribution < -0.4 is 14.4 Å². The van der Waals surface area contributed by atoms with Crippen molar-refractivity contribution in [3.63, 3.8) is 0 Å². The van der Waals surface area contributed by atoms with E-state index in [1.807, 2.05) is 69.3 Å². The number of aryl methyl sites for hydroxylation is 1. The maximum absolute atomic E-state index is 13.6. The van der Waals surface area contributed by atoms with Crippen LogP contribution in [0, 0.1) is 6.92 Å². The van der Waals surface area contributed by atoms with E-state index in [1.165, 1.54) is 16.2 Å². The first-order valence-corrected chi connectivity index (χ1v) is 13.9. The zero-order chi connectivity index (χ0) is 27.3. The van der Waals surface area contributed by atoms with Crippen molar-refractivity contribution in [1.29, 1.82) is 0 Å². The average Bonchev–Trinajstić information content (AvgIpc) is 3.59. The number of benzene rings is 3. The van der Waals surface area contributed by atoms with Crippen LogP contribution in [0.2, 0.25) is 0 Å². The third-order valence-electron chi connectivity index (χ3n) is 7.02. The molecule has 1 aromatic heterocycles. The van der Waals surface area contributed by atoms with Crippen molar-refractivity contribution >= 4 is 44.1 Å². The van der Waals surface area contributed by atoms with Crippen LogP contribution in [0.1, 0.15) is 48.6 Å². The number of aromatic nitrogens is 1. The number of nitrogens with zero attached hydrogens (tertiary/aromatic N) is 2. The van der Waals surface area contributed by atoms with Gasteiger partial charge in [0.2, 0.25) is 0 Å². The fraction of sp³-hybridized carbons (Fsp3) is 0.258. The number of rotatable bonds is 6. The number of Topliss-reactive ketones (excluding diaryl/α,β-unsaturated/α-hetero) is 1. The molecule has 7 nitrogen and oxygen atoms in total. The van der Waals surface area contributed by atoms with E-state index >= 15 is 0 Å². The quantitative estimate of drug-likeness (QED) is 0.174. The minimum atomic E-state index is -0.852. The van der Waals surface area contributed by atoms with E-state index in [0.717, 1.165) is 33.5 Å². The molecule has 0 aliphatic carbocycles. The molecule has 2 aliphatic heterocycles. The molecule has 0 bridgehead atoms. The van der Waals surface area contributed by atoms with E-state index in [9.17, 15) is 14.7 Å². The summed E-state index contributed by atoms with van der Waals surface area (Å²) >= 11 is 1.35. The second-order valence-corrected chi connectivity index (χ2v) is 11.0. The minimum Gasteiger partial charge on any atom is -0.507 e. The van der Waals surface area contributed by atoms with Gasteiger partial charge < -0.3 is 14.6 Å². The first-order chi connectivity index (χ1) is 18.8. The molecule has 0 saturated carbocycles. The Hall–Kier alpha value is -4.17. The van der Waals surface area contributed by atoms with Gasteiger partial charge in [0.25, 0.3) is 5.78 Å². The Balaban J connectivity index is 1.49. The molecular formula is C31H28N2O5S. The molecule has 1 amide bonds. The summed E-state index contributed by atoms with van der Waals surface area (Å²) in [5.74, 6) is -0.221. The van der Waals surface area contributed by atoms with Crippen LogP contribution in [0.4, 0.5) is 5.13 Å². The SMILES string of the molecule is CCCOc1ccc([C@H]2C(=C(O)c3ccc4c(c3)C[C@@H](C)O4)C(=O)C(=O)N2c2nc3ccc(C)cc3s2)cc1. The molecule has 4 aromatic rings. The number of aliphatic hydroxyl groups excluding tert-OH is 1. The maximum Gasteiger partial charge on any atom is 0.301 e. The molecule has 0 spiro atoms. The van der Waals surface area contributed by atoms with Gasteiger partial charge in [0.15, 0.2) is 5.13 Å². The topological polar surface area (TPSA) is 89.0 Å². The molecule has 0 unspecified atom stereocenters. The van der Waals surface area contributed by atoms with Crippen LogP contribution >= 0.6 is 11.3 Å². The van der Waals surface area contributed by atoms with Gasteiger partial charge in [0, 0.05) is 12.0 Å². The molecule has 1 N–H and O–H groups in total. The number of thiazole rings is 1. The van der Waals surface area contributed by atoms with Crippen molar-refractivity contribution in [2.45, 2.75) is 45.8 Å². The second kappa shape index (κ2) is 9.85. The largest absolute Gasteiger partial charge is 0.507 e. The lowest BCUT2D eigenvalue weighted by molar-refractivity contribution is -0.132. The van der Waals surface area contributed by atoms with Gasteiger partial charge in [-0.05, 0) is 79.4 Å². The Morgan fingerprint density at radius 2 is 1.92 bits per heavy atom. The first-order valence-electron chi connectivity index (χ1n) is 13.0. The summed E-state index contributed by atoms with van der Waals surface area (Å²) in [4.78, 5) is 33.3. The fourth-order valence-corrected chi connectivity index (χ4v) is 6.25. The highest BCUT2D eigenvalue weighted by atomic mass is 32.1. The molecule has 3 heterocycles. The summed E-state index contributed by atoms with van der Waals surface area (Å²) in [6.07, 6.45) is 1.63. The van der Waals surface area contributed by atoms with E-state index in [0.29, 0.717) is 35.0 Å². The van der Waals surface area contributed by atoms with E-state index in [-0.39, 0.29) is 17.4 Å². The number of fused-ring (bicyclic) bond motifs is 2. The van der Waals surface area contributed by atoms with Gasteiger partial charge >= 0.3 is 5.91 Å². The van der Waals surface area contributed by atoms with Crippen LogP contribution in [0.5, 0.6) is 11.5 Å². The van der Waals surface area contributed by atoms with Crippen LogP contribution in [0.15, 0.2) is 66.2 Å². The number of ether oxygens (including phenoxy) is 2. The summed E-state index contributed by atoms with van der Waals surface area (Å²) in [7, 11) is 0. The van der Waals surface area contributed by atoms with Crippen molar-refractivity contribution in [2.24, 2.45) is 0 Å². The molecule has 6 rings (SSSR count). The van der Waals surface area contributed by atoms with Crippen molar-refractivity contribution < 1.29 is 24.2 Å². The number of carbonyl (C=O) groups is 2. The fourth-order valence-electron chi connectivity index (χ4n) is 5.16. The van der Waals surface area contributed by atoms with Crippen LogP contribution in [-0.2, 0) is 16.0 Å². The lowest BCUT2D eigenvalue weighted by atomic mass is 9.94. The normalized spacial score (nSPS) is 19.9. The molecule has 1 fully saturated rings. The maximum atomic E-state index is 13.6. The highest BCUT2D eigenvalue weighted by Crippen LogP contribution is 2.45. The van der Waals surface area contributed by atoms with Gasteiger partial charge in [0.1, 0.15) is 23.4 Å². The van der Waals surface area contributed by atoms with Crippen molar-refractivity contribution in [3.05, 3.63) is 88.5 Å². The standard InChI is InChI=1S/C31H28N2O5S/c1-4-13-37-22-9-6-19(7-10-22)27-26(28(34)20-8-12-24-21(16-20)15-18(3)38-24)29(35)30(36)33(27)31-32-23-11-5-17(2)14-25(23)39-31/h5-12,14,16,18,27,34H,4,13,15H2,1-3H3/t18-,27+/m1/s1. The predicted molar refractivity (Wildman–Crippen MR) is 152 cm³/mol. The first kappa shape index (κ1) is 25.1. The number of anilines is 1. The van der Waals surface area contributed by atoms with E-state index in [1.54, 1.807) is 12.1 Å². The number of carbonyl (C=O) groups excluding carboxylic acids is 2. The monoisotopic (exact) mass is 540 g/mol. The number of amides is 1. The van der Waals surface area contributed by atoms with E-state index < -0.39 is 17.7 Å². The van der Waals surface area contributed by atoms with Crippen molar-refractivity contribution in [2.75, 3.05) is 11.5 Å². The van der Waals surface area contributed by atoms with Gasteiger partial charge in [0.05, 0.1) is 28.4 Å². The molecule has 8 heteroatoms. The third kappa shape index (κ3) is 4.44. The Bertz CT molecular complexity index is 1640. The third-order valence-corrected chi connectivity index (χ3v) is 8.04. The summed E-state index contributed by atoms with van der Waals surface area (Å²) in [6.45, 7) is 6.60. The molecule has 2 aliphatic rings. The van der Waals surface area contributed by atoms with Gasteiger partial charge in [-0.3, -0.25) is 14.5 Å².